The van der Waals surface area contributed by atoms with E-state index in [2.05, 4.69) is 11.0 Å². The van der Waals surface area contributed by atoms with Crippen LogP contribution in [0.4, 0.5) is 8.78 Å². The first-order valence-corrected chi connectivity index (χ1v) is 11.2. The van der Waals surface area contributed by atoms with Crippen molar-refractivity contribution in [3.05, 3.63) is 58.7 Å². The summed E-state index contributed by atoms with van der Waals surface area (Å²) >= 11 is 0. The van der Waals surface area contributed by atoms with Crippen LogP contribution in [0.3, 0.4) is 0 Å². The molecule has 1 N–H and O–H groups in total. The summed E-state index contributed by atoms with van der Waals surface area (Å²) in [5, 5.41) is 9.08. The zero-order chi connectivity index (χ0) is 22.5. The van der Waals surface area contributed by atoms with Gasteiger partial charge in [-0.15, -0.1) is 0 Å². The predicted molar refractivity (Wildman–Crippen MR) is 114 cm³/mol. The van der Waals surface area contributed by atoms with E-state index in [1.165, 1.54) is 23.3 Å². The molecule has 1 aliphatic heterocycles. The van der Waals surface area contributed by atoms with Crippen LogP contribution in [0.15, 0.2) is 30.3 Å². The molecule has 32 heavy (non-hydrogen) atoms. The fourth-order valence-corrected chi connectivity index (χ4v) is 5.41. The lowest BCUT2D eigenvalue weighted by atomic mass is 9.71. The number of hydrogen-bond acceptors (Lipinski definition) is 4. The number of benzene rings is 2. The molecule has 1 heterocycles. The monoisotopic (exact) mass is 443 g/mol. The summed E-state index contributed by atoms with van der Waals surface area (Å²) in [5.74, 6) is -1.44. The Labute approximate surface area is 185 Å². The van der Waals surface area contributed by atoms with Crippen LogP contribution >= 0.6 is 0 Å². The van der Waals surface area contributed by atoms with E-state index in [0.717, 1.165) is 38.8 Å². The predicted octanol–water partition coefficient (Wildman–Crippen LogP) is 4.21. The number of fused-ring (bicyclic) bond motifs is 1. The van der Waals surface area contributed by atoms with Gasteiger partial charge in [-0.05, 0) is 55.9 Å². The Bertz CT molecular complexity index is 1020. The second-order valence-electron chi connectivity index (χ2n) is 9.44. The SMILES string of the molecule is CCOc1cc(F)c(COc2ccc3c(c2)CC2(C3)CN(C3CC(C(=O)O)C3)C2)c(F)c1. The van der Waals surface area contributed by atoms with Gasteiger partial charge in [0.15, 0.2) is 0 Å². The number of likely N-dealkylation sites (tertiary alicyclic amines) is 1. The van der Waals surface area contributed by atoms with E-state index in [9.17, 15) is 13.6 Å². The number of ether oxygens (including phenoxy) is 2. The second kappa shape index (κ2) is 8.03. The zero-order valence-corrected chi connectivity index (χ0v) is 18.1. The van der Waals surface area contributed by atoms with Crippen LogP contribution < -0.4 is 9.47 Å². The van der Waals surface area contributed by atoms with Gasteiger partial charge in [0.1, 0.15) is 29.7 Å². The van der Waals surface area contributed by atoms with Crippen molar-refractivity contribution < 1.29 is 28.2 Å². The molecule has 0 radical (unpaired) electrons. The van der Waals surface area contributed by atoms with Crippen molar-refractivity contribution in [3.63, 3.8) is 0 Å². The number of rotatable bonds is 7. The van der Waals surface area contributed by atoms with E-state index in [1.54, 1.807) is 6.92 Å². The maximum Gasteiger partial charge on any atom is 0.306 e. The number of halogens is 2. The third kappa shape index (κ3) is 3.83. The van der Waals surface area contributed by atoms with E-state index in [0.29, 0.717) is 18.4 Å². The van der Waals surface area contributed by atoms with Crippen LogP contribution in [0.1, 0.15) is 36.5 Å². The molecule has 3 aliphatic rings. The van der Waals surface area contributed by atoms with Gasteiger partial charge in [0.2, 0.25) is 0 Å². The van der Waals surface area contributed by atoms with E-state index in [1.807, 2.05) is 12.1 Å². The van der Waals surface area contributed by atoms with Crippen LogP contribution in [-0.4, -0.2) is 41.7 Å². The number of carboxylic acid groups (broad SMARTS) is 1. The summed E-state index contributed by atoms with van der Waals surface area (Å²) < 4.78 is 39.5. The summed E-state index contributed by atoms with van der Waals surface area (Å²) in [7, 11) is 0. The van der Waals surface area contributed by atoms with Crippen LogP contribution in [0.5, 0.6) is 11.5 Å². The Morgan fingerprint density at radius 2 is 1.75 bits per heavy atom. The minimum absolute atomic E-state index is 0.111. The van der Waals surface area contributed by atoms with Crippen molar-refractivity contribution in [1.82, 2.24) is 4.90 Å². The number of nitrogens with zero attached hydrogens (tertiary/aromatic N) is 1. The summed E-state index contributed by atoms with van der Waals surface area (Å²) in [4.78, 5) is 13.4. The van der Waals surface area contributed by atoms with E-state index >= 15 is 0 Å². The molecule has 2 aromatic carbocycles. The van der Waals surface area contributed by atoms with Crippen molar-refractivity contribution in [3.8, 4) is 11.5 Å². The lowest BCUT2D eigenvalue weighted by Crippen LogP contribution is -2.63. The molecule has 0 bridgehead atoms. The van der Waals surface area contributed by atoms with Gasteiger partial charge in [0, 0.05) is 36.7 Å². The largest absolute Gasteiger partial charge is 0.494 e. The van der Waals surface area contributed by atoms with Crippen LogP contribution in [0, 0.1) is 23.0 Å². The van der Waals surface area contributed by atoms with Crippen LogP contribution in [-0.2, 0) is 24.2 Å². The van der Waals surface area contributed by atoms with Gasteiger partial charge in [-0.3, -0.25) is 9.69 Å². The molecule has 1 spiro atoms. The van der Waals surface area contributed by atoms with Gasteiger partial charge < -0.3 is 14.6 Å². The molecule has 2 aromatic rings. The number of hydrogen-bond donors (Lipinski definition) is 1. The van der Waals surface area contributed by atoms with Gasteiger partial charge >= 0.3 is 5.97 Å². The second-order valence-corrected chi connectivity index (χ2v) is 9.44. The fourth-order valence-electron chi connectivity index (χ4n) is 5.41. The van der Waals surface area contributed by atoms with Gasteiger partial charge in [-0.25, -0.2) is 8.78 Å². The highest BCUT2D eigenvalue weighted by Gasteiger charge is 2.51. The van der Waals surface area contributed by atoms with Crippen molar-refractivity contribution >= 4 is 5.97 Å². The molecule has 0 amide bonds. The number of carboxylic acids is 1. The minimum atomic E-state index is -0.678. The van der Waals surface area contributed by atoms with Crippen LogP contribution in [0.25, 0.3) is 0 Å². The molecule has 1 saturated carbocycles. The maximum absolute atomic E-state index is 14.3. The van der Waals surface area contributed by atoms with Crippen molar-refractivity contribution in [1.29, 1.82) is 0 Å². The smallest absolute Gasteiger partial charge is 0.306 e. The molecule has 0 atom stereocenters. The molecular formula is C25H27F2NO4. The van der Waals surface area contributed by atoms with Crippen molar-refractivity contribution in [2.24, 2.45) is 11.3 Å². The van der Waals surface area contributed by atoms with Gasteiger partial charge in [-0.2, -0.15) is 0 Å². The van der Waals surface area contributed by atoms with Gasteiger partial charge in [0.25, 0.3) is 0 Å². The van der Waals surface area contributed by atoms with Crippen molar-refractivity contribution in [2.75, 3.05) is 19.7 Å². The van der Waals surface area contributed by atoms with E-state index in [4.69, 9.17) is 14.6 Å². The molecular weight excluding hydrogens is 416 g/mol. The van der Waals surface area contributed by atoms with Gasteiger partial charge in [0.05, 0.1) is 18.1 Å². The Kier molecular flexibility index (Phi) is 5.32. The first-order chi connectivity index (χ1) is 15.4. The minimum Gasteiger partial charge on any atom is -0.494 e. The molecule has 7 heteroatoms. The molecule has 0 unspecified atom stereocenters. The van der Waals surface area contributed by atoms with E-state index in [-0.39, 0.29) is 29.3 Å². The molecule has 5 nitrogen and oxygen atoms in total. The summed E-state index contributed by atoms with van der Waals surface area (Å²) in [6, 6.07) is 8.67. The Balaban J connectivity index is 1.18. The molecule has 5 rings (SSSR count). The van der Waals surface area contributed by atoms with Crippen molar-refractivity contribution in [2.45, 2.75) is 45.3 Å². The standard InChI is InChI=1S/C25H27F2NO4/c1-2-31-20-8-22(26)21(23(27)9-20)12-32-19-4-3-15-10-25(11-17(15)7-19)13-28(14-25)18-5-16(6-18)24(29)30/h3-4,7-9,16,18H,2,5-6,10-14H2,1H3,(H,29,30). The Hall–Kier alpha value is -2.67. The third-order valence-corrected chi connectivity index (χ3v) is 7.17. The molecule has 0 aromatic heterocycles. The lowest BCUT2D eigenvalue weighted by molar-refractivity contribution is -0.150. The average molecular weight is 443 g/mol. The maximum atomic E-state index is 14.3. The highest BCUT2D eigenvalue weighted by Crippen LogP contribution is 2.48. The zero-order valence-electron chi connectivity index (χ0n) is 18.1. The summed E-state index contributed by atoms with van der Waals surface area (Å²) in [6.07, 6.45) is 3.48. The highest BCUT2D eigenvalue weighted by molar-refractivity contribution is 5.71. The highest BCUT2D eigenvalue weighted by atomic mass is 19.1. The summed E-state index contributed by atoms with van der Waals surface area (Å²) in [6.45, 7) is 3.91. The lowest BCUT2D eigenvalue weighted by Gasteiger charge is -2.55. The molecule has 1 saturated heterocycles. The van der Waals surface area contributed by atoms with Gasteiger partial charge in [-0.1, -0.05) is 6.07 Å². The molecule has 170 valence electrons. The molecule has 2 aliphatic carbocycles. The first-order valence-electron chi connectivity index (χ1n) is 11.2. The number of carbonyl (C=O) groups is 1. The van der Waals surface area contributed by atoms with E-state index < -0.39 is 17.6 Å². The average Bonchev–Trinajstić information content (AvgIpc) is 3.05. The fraction of sp³-hybridized carbons (Fsp3) is 0.480. The Morgan fingerprint density at radius 3 is 2.41 bits per heavy atom. The first kappa shape index (κ1) is 21.2. The Morgan fingerprint density at radius 1 is 1.06 bits per heavy atom. The topological polar surface area (TPSA) is 59.0 Å². The normalized spacial score (nSPS) is 23.3. The summed E-state index contributed by atoms with van der Waals surface area (Å²) in [5.41, 5.74) is 2.64. The molecule has 2 fully saturated rings. The van der Waals surface area contributed by atoms with Crippen LogP contribution in [0.2, 0.25) is 0 Å². The number of aliphatic carboxylic acids is 1. The quantitative estimate of drug-likeness (QED) is 0.695. The third-order valence-electron chi connectivity index (χ3n) is 7.17.